The maximum atomic E-state index is 11.3. The number of carbonyl (C=O) groups is 4. The fourth-order valence-electron chi connectivity index (χ4n) is 2.59. The molecule has 0 saturated carbocycles. The van der Waals surface area contributed by atoms with Crippen molar-refractivity contribution in [1.82, 2.24) is 5.32 Å². The zero-order chi connectivity index (χ0) is 19.4. The second kappa shape index (κ2) is 7.61. The van der Waals surface area contributed by atoms with Gasteiger partial charge in [-0.2, -0.15) is 0 Å². The summed E-state index contributed by atoms with van der Waals surface area (Å²) in [7, 11) is 0. The third-order valence-electron chi connectivity index (χ3n) is 3.94. The van der Waals surface area contributed by atoms with E-state index in [0.717, 1.165) is 16.0 Å². The first kappa shape index (κ1) is 18.0. The molecule has 0 fully saturated rings. The number of nitrogens with zero attached hydrogens (tertiary/aromatic N) is 1. The first-order valence-corrected chi connectivity index (χ1v) is 8.21. The van der Waals surface area contributed by atoms with Crippen molar-refractivity contribution in [2.45, 2.75) is 6.92 Å². The van der Waals surface area contributed by atoms with Crippen molar-refractivity contribution in [3.8, 4) is 0 Å². The fraction of sp³-hybridized carbons (Fsp3) is 0.0476. The van der Waals surface area contributed by atoms with E-state index in [-0.39, 0.29) is 23.6 Å². The third kappa shape index (κ3) is 4.07. The van der Waals surface area contributed by atoms with Crippen LogP contribution in [0.4, 0.5) is 5.69 Å². The molecule has 134 valence electrons. The monoisotopic (exact) mass is 360 g/mol. The fourth-order valence-corrected chi connectivity index (χ4v) is 2.59. The van der Waals surface area contributed by atoms with Crippen LogP contribution in [0, 0.1) is 6.92 Å². The lowest BCUT2D eigenvalue weighted by Gasteiger charge is -2.13. The second-order valence-corrected chi connectivity index (χ2v) is 5.92. The van der Waals surface area contributed by atoms with Gasteiger partial charge in [-0.3, -0.25) is 24.5 Å². The van der Waals surface area contributed by atoms with Gasteiger partial charge in [0.15, 0.2) is 0 Å². The number of hydrogen-bond acceptors (Lipinski definition) is 4. The number of benzene rings is 2. The van der Waals surface area contributed by atoms with Gasteiger partial charge in [-0.1, -0.05) is 48.0 Å². The predicted molar refractivity (Wildman–Crippen MR) is 100 cm³/mol. The van der Waals surface area contributed by atoms with Crippen molar-refractivity contribution < 1.29 is 19.2 Å². The van der Waals surface area contributed by atoms with Crippen LogP contribution in [0.1, 0.15) is 11.1 Å². The van der Waals surface area contributed by atoms with Gasteiger partial charge in [0, 0.05) is 18.2 Å². The summed E-state index contributed by atoms with van der Waals surface area (Å²) in [5.41, 5.74) is 2.92. The lowest BCUT2D eigenvalue weighted by atomic mass is 10.1. The molecule has 0 spiro atoms. The van der Waals surface area contributed by atoms with Gasteiger partial charge in [0.05, 0.1) is 11.3 Å². The standard InChI is InChI=1S/C11H9NO2.C10H7NO2/c1-8-2-4-9(5-3-8)12-10(13)6-7-11(12)14;12-9-6-8(10(13)11-9)7-4-2-1-3-5-7/h2-7H,1H3;1-6H,(H,11,12,13). The molecule has 1 N–H and O–H groups in total. The predicted octanol–water partition coefficient (Wildman–Crippen LogP) is 2.15. The molecule has 0 bridgehead atoms. The Kier molecular flexibility index (Phi) is 5.08. The highest BCUT2D eigenvalue weighted by atomic mass is 16.2. The van der Waals surface area contributed by atoms with Gasteiger partial charge in [0.1, 0.15) is 0 Å². The highest BCUT2D eigenvalue weighted by Gasteiger charge is 2.24. The number of aryl methyl sites for hydroxylation is 1. The van der Waals surface area contributed by atoms with Crippen LogP contribution in [-0.2, 0) is 19.2 Å². The number of hydrogen-bond donors (Lipinski definition) is 1. The summed E-state index contributed by atoms with van der Waals surface area (Å²) >= 11 is 0. The van der Waals surface area contributed by atoms with E-state index < -0.39 is 0 Å². The lowest BCUT2D eigenvalue weighted by Crippen LogP contribution is -2.29. The van der Waals surface area contributed by atoms with Crippen molar-refractivity contribution in [2.24, 2.45) is 0 Å². The average molecular weight is 360 g/mol. The Morgan fingerprint density at radius 1 is 0.778 bits per heavy atom. The highest BCUT2D eigenvalue weighted by Crippen LogP contribution is 2.19. The van der Waals surface area contributed by atoms with E-state index in [0.29, 0.717) is 11.3 Å². The Balaban J connectivity index is 0.000000156. The number of imide groups is 2. The molecule has 2 aliphatic rings. The van der Waals surface area contributed by atoms with Crippen molar-refractivity contribution in [1.29, 1.82) is 0 Å². The Bertz CT molecular complexity index is 955. The summed E-state index contributed by atoms with van der Waals surface area (Å²) in [6.07, 6.45) is 3.88. The van der Waals surface area contributed by atoms with E-state index in [1.165, 1.54) is 18.2 Å². The largest absolute Gasteiger partial charge is 0.289 e. The average Bonchev–Trinajstić information content (AvgIpc) is 3.18. The minimum atomic E-state index is -0.344. The quantitative estimate of drug-likeness (QED) is 0.832. The summed E-state index contributed by atoms with van der Waals surface area (Å²) in [5, 5.41) is 2.19. The van der Waals surface area contributed by atoms with Crippen molar-refractivity contribution in [2.75, 3.05) is 4.90 Å². The van der Waals surface area contributed by atoms with Gasteiger partial charge >= 0.3 is 0 Å². The van der Waals surface area contributed by atoms with Crippen LogP contribution in [0.3, 0.4) is 0 Å². The summed E-state index contributed by atoms with van der Waals surface area (Å²) < 4.78 is 0. The molecule has 0 unspecified atom stereocenters. The van der Waals surface area contributed by atoms with Gasteiger partial charge in [-0.15, -0.1) is 0 Å². The van der Waals surface area contributed by atoms with E-state index in [2.05, 4.69) is 5.32 Å². The normalized spacial score (nSPS) is 15.4. The van der Waals surface area contributed by atoms with Crippen molar-refractivity contribution >= 4 is 34.9 Å². The van der Waals surface area contributed by atoms with Gasteiger partial charge in [-0.25, -0.2) is 4.90 Å². The third-order valence-corrected chi connectivity index (χ3v) is 3.94. The Labute approximate surface area is 155 Å². The van der Waals surface area contributed by atoms with Crippen LogP contribution in [0.2, 0.25) is 0 Å². The summed E-state index contributed by atoms with van der Waals surface area (Å²) in [5.74, 6) is -1.22. The van der Waals surface area contributed by atoms with E-state index in [1.807, 2.05) is 37.3 Å². The Morgan fingerprint density at radius 2 is 1.37 bits per heavy atom. The van der Waals surface area contributed by atoms with Gasteiger partial charge in [0.25, 0.3) is 23.6 Å². The zero-order valence-corrected chi connectivity index (χ0v) is 14.5. The van der Waals surface area contributed by atoms with E-state index in [4.69, 9.17) is 0 Å². The highest BCUT2D eigenvalue weighted by molar-refractivity contribution is 6.33. The maximum Gasteiger partial charge on any atom is 0.258 e. The van der Waals surface area contributed by atoms with E-state index in [1.54, 1.807) is 24.3 Å². The van der Waals surface area contributed by atoms with Crippen LogP contribution in [-0.4, -0.2) is 23.6 Å². The molecule has 4 amide bonds. The van der Waals surface area contributed by atoms with Crippen molar-refractivity contribution in [3.63, 3.8) is 0 Å². The lowest BCUT2D eigenvalue weighted by molar-refractivity contribution is -0.123. The Hall–Kier alpha value is -3.80. The number of amides is 4. The number of carbonyl (C=O) groups excluding carboxylic acids is 4. The summed E-state index contributed by atoms with van der Waals surface area (Å²) in [6.45, 7) is 1.95. The topological polar surface area (TPSA) is 83.6 Å². The smallest absolute Gasteiger partial charge is 0.258 e. The molecule has 2 aliphatic heterocycles. The van der Waals surface area contributed by atoms with E-state index >= 15 is 0 Å². The molecular formula is C21H16N2O4. The molecule has 0 aliphatic carbocycles. The zero-order valence-electron chi connectivity index (χ0n) is 14.5. The maximum absolute atomic E-state index is 11.3. The SMILES string of the molecule is Cc1ccc(N2C(=O)C=CC2=O)cc1.O=C1C=C(c2ccccc2)C(=O)N1. The molecule has 2 aromatic carbocycles. The molecule has 4 rings (SSSR count). The minimum Gasteiger partial charge on any atom is -0.289 e. The molecule has 0 saturated heterocycles. The number of nitrogens with one attached hydrogen (secondary N) is 1. The molecule has 6 heteroatoms. The van der Waals surface area contributed by atoms with Crippen LogP contribution >= 0.6 is 0 Å². The van der Waals surface area contributed by atoms with Crippen LogP contribution in [0.5, 0.6) is 0 Å². The number of rotatable bonds is 2. The second-order valence-electron chi connectivity index (χ2n) is 5.92. The van der Waals surface area contributed by atoms with Crippen LogP contribution in [0.25, 0.3) is 5.57 Å². The van der Waals surface area contributed by atoms with Gasteiger partial charge < -0.3 is 0 Å². The molecule has 0 atom stereocenters. The molecule has 6 nitrogen and oxygen atoms in total. The molecular weight excluding hydrogens is 344 g/mol. The first-order chi connectivity index (χ1) is 13.0. The van der Waals surface area contributed by atoms with Gasteiger partial charge in [0.2, 0.25) is 0 Å². The minimum absolute atomic E-state index is 0.279. The van der Waals surface area contributed by atoms with E-state index in [9.17, 15) is 19.2 Å². The molecule has 0 aromatic heterocycles. The molecule has 27 heavy (non-hydrogen) atoms. The molecule has 0 radical (unpaired) electrons. The first-order valence-electron chi connectivity index (χ1n) is 8.21. The molecule has 2 aromatic rings. The number of anilines is 1. The molecule has 2 heterocycles. The van der Waals surface area contributed by atoms with Crippen molar-refractivity contribution in [3.05, 3.63) is 84.0 Å². The van der Waals surface area contributed by atoms with Gasteiger partial charge in [-0.05, 0) is 24.6 Å². The summed E-state index contributed by atoms with van der Waals surface area (Å²) in [4.78, 5) is 45.7. The van der Waals surface area contributed by atoms with Crippen LogP contribution in [0.15, 0.2) is 72.8 Å². The Morgan fingerprint density at radius 3 is 1.89 bits per heavy atom. The summed E-state index contributed by atoms with van der Waals surface area (Å²) in [6, 6.07) is 16.4. The van der Waals surface area contributed by atoms with Crippen LogP contribution < -0.4 is 10.2 Å².